The zero-order valence-corrected chi connectivity index (χ0v) is 11.2. The summed E-state index contributed by atoms with van der Waals surface area (Å²) >= 11 is 0. The SMILES string of the molecule is C[C@@H](Oc1ccnc(N)n1)c1ccc2ccccc2c1. The molecule has 0 amide bonds. The van der Waals surface area contributed by atoms with Crippen LogP contribution < -0.4 is 10.5 Å². The molecule has 0 unspecified atom stereocenters. The van der Waals surface area contributed by atoms with Crippen molar-refractivity contribution < 1.29 is 4.74 Å². The summed E-state index contributed by atoms with van der Waals surface area (Å²) in [6, 6.07) is 16.2. The molecule has 0 saturated heterocycles. The summed E-state index contributed by atoms with van der Waals surface area (Å²) in [5.74, 6) is 0.700. The number of fused-ring (bicyclic) bond motifs is 1. The Bertz CT molecular complexity index is 742. The van der Waals surface area contributed by atoms with Crippen molar-refractivity contribution in [2.75, 3.05) is 5.73 Å². The van der Waals surface area contributed by atoms with Crippen molar-refractivity contribution in [1.82, 2.24) is 9.97 Å². The molecular formula is C16H15N3O. The Hall–Kier alpha value is -2.62. The number of benzene rings is 2. The van der Waals surface area contributed by atoms with Gasteiger partial charge in [0.2, 0.25) is 11.8 Å². The lowest BCUT2D eigenvalue weighted by atomic mass is 10.0. The van der Waals surface area contributed by atoms with Crippen LogP contribution in [0.3, 0.4) is 0 Å². The quantitative estimate of drug-likeness (QED) is 0.788. The fourth-order valence-corrected chi connectivity index (χ4v) is 2.13. The van der Waals surface area contributed by atoms with Crippen molar-refractivity contribution in [1.29, 1.82) is 0 Å². The molecule has 0 spiro atoms. The van der Waals surface area contributed by atoms with E-state index in [1.54, 1.807) is 12.3 Å². The molecule has 1 aromatic heterocycles. The van der Waals surface area contributed by atoms with E-state index in [4.69, 9.17) is 10.5 Å². The Morgan fingerprint density at radius 1 is 1.05 bits per heavy atom. The number of hydrogen-bond donors (Lipinski definition) is 1. The largest absolute Gasteiger partial charge is 0.470 e. The second-order valence-corrected chi connectivity index (χ2v) is 4.62. The van der Waals surface area contributed by atoms with Crippen molar-refractivity contribution in [3.05, 3.63) is 60.3 Å². The third kappa shape index (κ3) is 2.54. The summed E-state index contributed by atoms with van der Waals surface area (Å²) in [5.41, 5.74) is 6.64. The lowest BCUT2D eigenvalue weighted by Crippen LogP contribution is -2.05. The number of aromatic nitrogens is 2. The molecule has 2 N–H and O–H groups in total. The predicted octanol–water partition coefficient (Wildman–Crippen LogP) is 3.35. The van der Waals surface area contributed by atoms with E-state index >= 15 is 0 Å². The minimum absolute atomic E-state index is 0.103. The van der Waals surface area contributed by atoms with Crippen LogP contribution in [0.1, 0.15) is 18.6 Å². The van der Waals surface area contributed by atoms with Gasteiger partial charge < -0.3 is 10.5 Å². The van der Waals surface area contributed by atoms with Gasteiger partial charge in [-0.05, 0) is 29.3 Å². The molecule has 20 heavy (non-hydrogen) atoms. The molecule has 0 aliphatic rings. The Kier molecular flexibility index (Phi) is 3.21. The fraction of sp³-hybridized carbons (Fsp3) is 0.125. The van der Waals surface area contributed by atoms with Crippen LogP contribution in [0.4, 0.5) is 5.95 Å². The molecule has 0 fully saturated rings. The van der Waals surface area contributed by atoms with E-state index in [0.29, 0.717) is 5.88 Å². The van der Waals surface area contributed by atoms with Crippen LogP contribution >= 0.6 is 0 Å². The molecule has 0 aliphatic heterocycles. The normalized spacial score (nSPS) is 12.2. The fourth-order valence-electron chi connectivity index (χ4n) is 2.13. The van der Waals surface area contributed by atoms with Crippen LogP contribution in [-0.4, -0.2) is 9.97 Å². The van der Waals surface area contributed by atoms with Crippen molar-refractivity contribution in [3.63, 3.8) is 0 Å². The maximum atomic E-state index is 5.80. The molecule has 3 aromatic rings. The number of nitrogens with two attached hydrogens (primary N) is 1. The first-order valence-corrected chi connectivity index (χ1v) is 6.46. The Balaban J connectivity index is 1.86. The minimum atomic E-state index is -0.103. The second-order valence-electron chi connectivity index (χ2n) is 4.62. The van der Waals surface area contributed by atoms with Crippen molar-refractivity contribution in [2.45, 2.75) is 13.0 Å². The average molecular weight is 265 g/mol. The highest BCUT2D eigenvalue weighted by molar-refractivity contribution is 5.83. The highest BCUT2D eigenvalue weighted by Crippen LogP contribution is 2.23. The van der Waals surface area contributed by atoms with E-state index < -0.39 is 0 Å². The third-order valence-electron chi connectivity index (χ3n) is 3.19. The zero-order valence-electron chi connectivity index (χ0n) is 11.2. The molecule has 2 aromatic carbocycles. The topological polar surface area (TPSA) is 61.0 Å². The van der Waals surface area contributed by atoms with E-state index in [1.807, 2.05) is 19.1 Å². The van der Waals surface area contributed by atoms with Gasteiger partial charge in [0, 0.05) is 12.3 Å². The van der Waals surface area contributed by atoms with Crippen molar-refractivity contribution >= 4 is 16.7 Å². The van der Waals surface area contributed by atoms with Gasteiger partial charge in [-0.15, -0.1) is 0 Å². The van der Waals surface area contributed by atoms with Crippen molar-refractivity contribution in [2.24, 2.45) is 0 Å². The number of anilines is 1. The van der Waals surface area contributed by atoms with Crippen LogP contribution in [0.15, 0.2) is 54.7 Å². The van der Waals surface area contributed by atoms with Gasteiger partial charge in [0.25, 0.3) is 0 Å². The maximum absolute atomic E-state index is 5.80. The van der Waals surface area contributed by atoms with Gasteiger partial charge in [0.1, 0.15) is 6.10 Å². The Labute approximate surface area is 117 Å². The third-order valence-corrected chi connectivity index (χ3v) is 3.19. The highest BCUT2D eigenvalue weighted by Gasteiger charge is 2.09. The first kappa shape index (κ1) is 12.4. The standard InChI is InChI=1S/C16H15N3O/c1-11(20-15-8-9-18-16(17)19-15)13-7-6-12-4-2-3-5-14(12)10-13/h2-11H,1H3,(H2,17,18,19)/t11-/m1/s1. The molecule has 4 heteroatoms. The summed E-state index contributed by atoms with van der Waals surface area (Å²) in [5, 5.41) is 2.41. The highest BCUT2D eigenvalue weighted by atomic mass is 16.5. The van der Waals surface area contributed by atoms with Crippen molar-refractivity contribution in [3.8, 4) is 5.88 Å². The number of hydrogen-bond acceptors (Lipinski definition) is 4. The molecule has 1 atom stereocenters. The van der Waals surface area contributed by atoms with Gasteiger partial charge in [0.15, 0.2) is 0 Å². The number of nitrogen functional groups attached to an aromatic ring is 1. The zero-order chi connectivity index (χ0) is 13.9. The van der Waals surface area contributed by atoms with Gasteiger partial charge in [-0.1, -0.05) is 36.4 Å². The first-order valence-electron chi connectivity index (χ1n) is 6.46. The summed E-state index contributed by atoms with van der Waals surface area (Å²) in [6.45, 7) is 1.99. The van der Waals surface area contributed by atoms with Crippen LogP contribution in [0.2, 0.25) is 0 Å². The van der Waals surface area contributed by atoms with Gasteiger partial charge >= 0.3 is 0 Å². The Morgan fingerprint density at radius 3 is 2.65 bits per heavy atom. The van der Waals surface area contributed by atoms with Gasteiger partial charge in [-0.25, -0.2) is 4.98 Å². The van der Waals surface area contributed by atoms with Gasteiger partial charge in [0.05, 0.1) is 0 Å². The lowest BCUT2D eigenvalue weighted by Gasteiger charge is -2.14. The molecule has 0 bridgehead atoms. The number of nitrogens with zero attached hydrogens (tertiary/aromatic N) is 2. The monoisotopic (exact) mass is 265 g/mol. The summed E-state index contributed by atoms with van der Waals surface area (Å²) in [4.78, 5) is 7.89. The minimum Gasteiger partial charge on any atom is -0.470 e. The summed E-state index contributed by atoms with van der Waals surface area (Å²) in [7, 11) is 0. The average Bonchev–Trinajstić information content (AvgIpc) is 2.47. The molecule has 0 aliphatic carbocycles. The Morgan fingerprint density at radius 2 is 1.85 bits per heavy atom. The number of rotatable bonds is 3. The molecule has 1 heterocycles. The van der Waals surface area contributed by atoms with E-state index in [0.717, 1.165) is 5.56 Å². The van der Waals surface area contributed by atoms with Crippen LogP contribution in [0.5, 0.6) is 5.88 Å². The second kappa shape index (κ2) is 5.17. The number of ether oxygens (including phenoxy) is 1. The predicted molar refractivity (Wildman–Crippen MR) is 79.4 cm³/mol. The summed E-state index contributed by atoms with van der Waals surface area (Å²) in [6.07, 6.45) is 1.49. The van der Waals surface area contributed by atoms with E-state index in [-0.39, 0.29) is 12.1 Å². The first-order chi connectivity index (χ1) is 9.72. The van der Waals surface area contributed by atoms with E-state index in [2.05, 4.69) is 40.3 Å². The molecule has 0 saturated carbocycles. The smallest absolute Gasteiger partial charge is 0.223 e. The molecular weight excluding hydrogens is 250 g/mol. The maximum Gasteiger partial charge on any atom is 0.223 e. The van der Waals surface area contributed by atoms with E-state index in [9.17, 15) is 0 Å². The van der Waals surface area contributed by atoms with E-state index in [1.165, 1.54) is 10.8 Å². The van der Waals surface area contributed by atoms with Gasteiger partial charge in [-0.3, -0.25) is 0 Å². The lowest BCUT2D eigenvalue weighted by molar-refractivity contribution is 0.217. The molecule has 0 radical (unpaired) electrons. The molecule has 4 nitrogen and oxygen atoms in total. The molecule has 100 valence electrons. The van der Waals surface area contributed by atoms with Gasteiger partial charge in [-0.2, -0.15) is 4.98 Å². The van der Waals surface area contributed by atoms with Crippen LogP contribution in [0.25, 0.3) is 10.8 Å². The summed E-state index contributed by atoms with van der Waals surface area (Å²) < 4.78 is 5.80. The molecule has 3 rings (SSSR count). The van der Waals surface area contributed by atoms with Crippen LogP contribution in [0, 0.1) is 0 Å². The van der Waals surface area contributed by atoms with Crippen LogP contribution in [-0.2, 0) is 0 Å².